The van der Waals surface area contributed by atoms with Crippen molar-refractivity contribution in [2.75, 3.05) is 30.3 Å². The van der Waals surface area contributed by atoms with E-state index in [-0.39, 0.29) is 24.8 Å². The van der Waals surface area contributed by atoms with Gasteiger partial charge in [0.1, 0.15) is 11.5 Å². The number of aliphatic hydroxyl groups is 1. The van der Waals surface area contributed by atoms with Gasteiger partial charge in [-0.2, -0.15) is 0 Å². The van der Waals surface area contributed by atoms with Gasteiger partial charge in [0.15, 0.2) is 6.29 Å². The Balaban J connectivity index is 1.11. The average Bonchev–Trinajstić information content (AvgIpc) is 3.07. The highest BCUT2D eigenvalue weighted by molar-refractivity contribution is 5.99. The van der Waals surface area contributed by atoms with Crippen molar-refractivity contribution in [1.82, 2.24) is 4.90 Å². The maximum atomic E-state index is 12.9. The molecule has 0 aromatic heterocycles. The Hall–Kier alpha value is -4.21. The van der Waals surface area contributed by atoms with Gasteiger partial charge < -0.3 is 34.9 Å². The zero-order valence-electron chi connectivity index (χ0n) is 26.1. The van der Waals surface area contributed by atoms with Crippen LogP contribution in [-0.4, -0.2) is 41.8 Å². The summed E-state index contributed by atoms with van der Waals surface area (Å²) in [6.07, 6.45) is 6.35. The number of urea groups is 1. The number of nitrogens with zero attached hydrogens (tertiary/aromatic N) is 1. The van der Waals surface area contributed by atoms with Gasteiger partial charge in [-0.1, -0.05) is 73.9 Å². The molecule has 0 unspecified atom stereocenters. The van der Waals surface area contributed by atoms with Crippen molar-refractivity contribution in [1.29, 1.82) is 0 Å². The highest BCUT2D eigenvalue weighted by Crippen LogP contribution is 2.39. The van der Waals surface area contributed by atoms with Gasteiger partial charge >= 0.3 is 6.03 Å². The molecule has 3 atom stereocenters. The zero-order chi connectivity index (χ0) is 31.6. The van der Waals surface area contributed by atoms with Crippen molar-refractivity contribution in [3.05, 3.63) is 120 Å². The molecule has 2 saturated heterocycles. The van der Waals surface area contributed by atoms with E-state index in [1.54, 1.807) is 12.1 Å². The molecule has 4 aromatic rings. The quantitative estimate of drug-likeness (QED) is 0.174. The highest BCUT2D eigenvalue weighted by atomic mass is 16.7. The van der Waals surface area contributed by atoms with Gasteiger partial charge in [-0.25, -0.2) is 4.79 Å². The van der Waals surface area contributed by atoms with Crippen LogP contribution in [0.15, 0.2) is 103 Å². The SMILES string of the molecule is O=C(Nc1ccc(Oc2ccccc2)cc1)Nc1cccc([C@H]2O[C@@H](CN3CCCCCCC3)C[C@@H](c3ccc(CO)cc3)O2)c1. The molecule has 2 heterocycles. The Labute approximate surface area is 271 Å². The predicted octanol–water partition coefficient (Wildman–Crippen LogP) is 8.43. The van der Waals surface area contributed by atoms with Gasteiger partial charge in [-0.3, -0.25) is 0 Å². The summed E-state index contributed by atoms with van der Waals surface area (Å²) in [5.74, 6) is 1.44. The number of aliphatic hydroxyl groups excluding tert-OH is 1. The Kier molecular flexibility index (Phi) is 11.0. The number of benzene rings is 4. The topological polar surface area (TPSA) is 92.3 Å². The van der Waals surface area contributed by atoms with E-state index in [4.69, 9.17) is 14.2 Å². The van der Waals surface area contributed by atoms with Crippen molar-refractivity contribution in [2.45, 2.75) is 63.6 Å². The summed E-state index contributed by atoms with van der Waals surface area (Å²) in [6, 6.07) is 32.1. The van der Waals surface area contributed by atoms with Crippen LogP contribution in [0.5, 0.6) is 11.5 Å². The summed E-state index contributed by atoms with van der Waals surface area (Å²) in [7, 11) is 0. The van der Waals surface area contributed by atoms with Crippen LogP contribution in [0, 0.1) is 0 Å². The fraction of sp³-hybridized carbons (Fsp3) is 0.342. The molecule has 8 heteroatoms. The van der Waals surface area contributed by atoms with E-state index in [0.717, 1.165) is 48.5 Å². The molecule has 6 rings (SSSR count). The largest absolute Gasteiger partial charge is 0.457 e. The number of likely N-dealkylation sites (tertiary alicyclic amines) is 1. The standard InChI is InChI=1S/C38H43N3O5/c42-27-28-14-16-29(17-15-28)36-25-35(26-41-22-7-2-1-3-8-23-41)45-37(46-36)30-10-9-11-32(24-30)40-38(43)39-31-18-20-34(21-19-31)44-33-12-5-4-6-13-33/h4-6,9-21,24,35-37,42H,1-3,7-8,22-23,25-27H2,(H2,39,40,43)/t35-,36+,37+/m1/s1. The second kappa shape index (κ2) is 15.9. The number of rotatable bonds is 9. The van der Waals surface area contributed by atoms with Crippen LogP contribution in [0.1, 0.15) is 67.6 Å². The minimum absolute atomic E-state index is 0.00514. The Bertz CT molecular complexity index is 1520. The number of hydrogen-bond acceptors (Lipinski definition) is 6. The van der Waals surface area contributed by atoms with Crippen molar-refractivity contribution >= 4 is 17.4 Å². The number of para-hydroxylation sites is 1. The van der Waals surface area contributed by atoms with Gasteiger partial charge in [0.2, 0.25) is 0 Å². The summed E-state index contributed by atoms with van der Waals surface area (Å²) in [5, 5.41) is 15.4. The summed E-state index contributed by atoms with van der Waals surface area (Å²) >= 11 is 0. The van der Waals surface area contributed by atoms with E-state index in [1.807, 2.05) is 91.0 Å². The first-order chi connectivity index (χ1) is 22.6. The van der Waals surface area contributed by atoms with Gasteiger partial charge in [-0.05, 0) is 85.6 Å². The lowest BCUT2D eigenvalue weighted by molar-refractivity contribution is -0.253. The van der Waals surface area contributed by atoms with Crippen molar-refractivity contribution in [2.24, 2.45) is 0 Å². The highest BCUT2D eigenvalue weighted by Gasteiger charge is 2.33. The molecule has 3 N–H and O–H groups in total. The van der Waals surface area contributed by atoms with Crippen molar-refractivity contribution in [3.8, 4) is 11.5 Å². The molecule has 0 radical (unpaired) electrons. The number of ether oxygens (including phenoxy) is 3. The molecule has 0 bridgehead atoms. The van der Waals surface area contributed by atoms with Crippen LogP contribution in [0.3, 0.4) is 0 Å². The first kappa shape index (κ1) is 31.8. The second-order valence-electron chi connectivity index (χ2n) is 12.1. The van der Waals surface area contributed by atoms with Gasteiger partial charge in [0.05, 0.1) is 18.8 Å². The van der Waals surface area contributed by atoms with Gasteiger partial charge in [0, 0.05) is 29.9 Å². The lowest BCUT2D eigenvalue weighted by Gasteiger charge is -2.39. The fourth-order valence-corrected chi connectivity index (χ4v) is 6.10. The van der Waals surface area contributed by atoms with Gasteiger partial charge in [0.25, 0.3) is 0 Å². The van der Waals surface area contributed by atoms with E-state index in [2.05, 4.69) is 15.5 Å². The predicted molar refractivity (Wildman–Crippen MR) is 180 cm³/mol. The number of carbonyl (C=O) groups excluding carboxylic acids is 1. The van der Waals surface area contributed by atoms with Crippen LogP contribution in [-0.2, 0) is 16.1 Å². The second-order valence-corrected chi connectivity index (χ2v) is 12.1. The van der Waals surface area contributed by atoms with Crippen LogP contribution >= 0.6 is 0 Å². The number of carbonyl (C=O) groups is 1. The van der Waals surface area contributed by atoms with Crippen LogP contribution < -0.4 is 15.4 Å². The maximum absolute atomic E-state index is 12.9. The van der Waals surface area contributed by atoms with Crippen molar-refractivity contribution < 1.29 is 24.1 Å². The first-order valence-electron chi connectivity index (χ1n) is 16.4. The van der Waals surface area contributed by atoms with Crippen LogP contribution in [0.4, 0.5) is 16.2 Å². The first-order valence-corrected chi connectivity index (χ1v) is 16.4. The van der Waals surface area contributed by atoms with E-state index in [9.17, 15) is 9.90 Å². The fourth-order valence-electron chi connectivity index (χ4n) is 6.10. The summed E-state index contributed by atoms with van der Waals surface area (Å²) < 4.78 is 19.0. The normalized spacial score (nSPS) is 20.7. The monoisotopic (exact) mass is 621 g/mol. The van der Waals surface area contributed by atoms with Gasteiger partial charge in [-0.15, -0.1) is 0 Å². The molecular weight excluding hydrogens is 578 g/mol. The maximum Gasteiger partial charge on any atom is 0.323 e. The molecule has 8 nitrogen and oxygen atoms in total. The Morgan fingerprint density at radius 1 is 0.739 bits per heavy atom. The minimum atomic E-state index is -0.585. The Morgan fingerprint density at radius 2 is 1.43 bits per heavy atom. The van der Waals surface area contributed by atoms with Crippen molar-refractivity contribution in [3.63, 3.8) is 0 Å². The van der Waals surface area contributed by atoms with Crippen LogP contribution in [0.25, 0.3) is 0 Å². The van der Waals surface area contributed by atoms with E-state index in [0.29, 0.717) is 17.1 Å². The summed E-state index contributed by atoms with van der Waals surface area (Å²) in [6.45, 7) is 3.06. The molecule has 2 aliphatic rings. The molecule has 0 aliphatic carbocycles. The molecular formula is C38H43N3O5. The molecule has 2 amide bonds. The lowest BCUT2D eigenvalue weighted by Crippen LogP contribution is -2.40. The summed E-state index contributed by atoms with van der Waals surface area (Å²) in [5.41, 5.74) is 4.07. The molecule has 46 heavy (non-hydrogen) atoms. The third kappa shape index (κ3) is 8.95. The number of nitrogens with one attached hydrogen (secondary N) is 2. The molecule has 2 fully saturated rings. The van der Waals surface area contributed by atoms with Crippen LogP contribution in [0.2, 0.25) is 0 Å². The summed E-state index contributed by atoms with van der Waals surface area (Å²) in [4.78, 5) is 15.5. The molecule has 0 spiro atoms. The third-order valence-electron chi connectivity index (χ3n) is 8.53. The van der Waals surface area contributed by atoms with E-state index < -0.39 is 6.29 Å². The molecule has 240 valence electrons. The minimum Gasteiger partial charge on any atom is -0.457 e. The number of amides is 2. The zero-order valence-corrected chi connectivity index (χ0v) is 26.1. The molecule has 2 aliphatic heterocycles. The molecule has 0 saturated carbocycles. The lowest BCUT2D eigenvalue weighted by atomic mass is 9.99. The van der Waals surface area contributed by atoms with E-state index in [1.165, 1.54) is 32.1 Å². The average molecular weight is 622 g/mol. The number of hydrogen-bond donors (Lipinski definition) is 3. The Morgan fingerprint density at radius 3 is 2.17 bits per heavy atom. The third-order valence-corrected chi connectivity index (χ3v) is 8.53. The smallest absolute Gasteiger partial charge is 0.323 e. The number of anilines is 2. The van der Waals surface area contributed by atoms with E-state index >= 15 is 0 Å². The molecule has 4 aromatic carbocycles.